The summed E-state index contributed by atoms with van der Waals surface area (Å²) in [7, 11) is 0. The summed E-state index contributed by atoms with van der Waals surface area (Å²) in [5, 5.41) is 11.2. The molecule has 20 heavy (non-hydrogen) atoms. The zero-order valence-electron chi connectivity index (χ0n) is 10.6. The Morgan fingerprint density at radius 2 is 2.05 bits per heavy atom. The number of hydrogen-bond donors (Lipinski definition) is 2. The van der Waals surface area contributed by atoms with Gasteiger partial charge in [-0.15, -0.1) is 0 Å². The lowest BCUT2D eigenvalue weighted by atomic mass is 10.1. The van der Waals surface area contributed by atoms with Crippen molar-refractivity contribution < 1.29 is 23.5 Å². The Kier molecular flexibility index (Phi) is 3.84. The lowest BCUT2D eigenvalue weighted by molar-refractivity contribution is 0.0660. The summed E-state index contributed by atoms with van der Waals surface area (Å²) in [5.41, 5.74) is 0.318. The highest BCUT2D eigenvalue weighted by atomic mass is 19.1. The minimum Gasteiger partial charge on any atom is -0.475 e. The average Bonchev–Trinajstić information content (AvgIpc) is 2.88. The summed E-state index contributed by atoms with van der Waals surface area (Å²) in [6.45, 7) is 1.55. The number of aromatic carboxylic acids is 1. The molecule has 0 fully saturated rings. The van der Waals surface area contributed by atoms with Crippen molar-refractivity contribution in [2.24, 2.45) is 0 Å². The number of rotatable bonds is 4. The third-order valence-electron chi connectivity index (χ3n) is 2.73. The van der Waals surface area contributed by atoms with Crippen LogP contribution in [0.1, 0.15) is 32.2 Å². The smallest absolute Gasteiger partial charge is 0.371 e. The van der Waals surface area contributed by atoms with Crippen molar-refractivity contribution in [2.45, 2.75) is 13.5 Å². The molecular formula is C14H12FNO4. The van der Waals surface area contributed by atoms with Crippen molar-refractivity contribution in [1.82, 2.24) is 5.32 Å². The fourth-order valence-electron chi connectivity index (χ4n) is 1.67. The van der Waals surface area contributed by atoms with Crippen LogP contribution in [0.2, 0.25) is 0 Å². The van der Waals surface area contributed by atoms with E-state index >= 15 is 0 Å². The third-order valence-corrected chi connectivity index (χ3v) is 2.73. The Morgan fingerprint density at radius 1 is 1.30 bits per heavy atom. The summed E-state index contributed by atoms with van der Waals surface area (Å²) in [6.07, 6.45) is 0. The van der Waals surface area contributed by atoms with Gasteiger partial charge >= 0.3 is 5.97 Å². The highest BCUT2D eigenvalue weighted by Crippen LogP contribution is 2.12. The van der Waals surface area contributed by atoms with E-state index in [2.05, 4.69) is 5.32 Å². The molecule has 0 spiro atoms. The molecular weight excluding hydrogens is 265 g/mol. The number of amides is 1. The molecule has 0 saturated heterocycles. The number of benzene rings is 1. The molecule has 1 amide bonds. The Hall–Kier alpha value is -2.63. The van der Waals surface area contributed by atoms with Crippen LogP contribution in [0.15, 0.2) is 34.7 Å². The van der Waals surface area contributed by atoms with Crippen LogP contribution in [-0.4, -0.2) is 17.0 Å². The zero-order valence-corrected chi connectivity index (χ0v) is 10.6. The topological polar surface area (TPSA) is 79.5 Å². The number of carbonyl (C=O) groups excluding carboxylic acids is 1. The van der Waals surface area contributed by atoms with Gasteiger partial charge in [0.2, 0.25) is 5.76 Å². The normalized spacial score (nSPS) is 10.3. The van der Waals surface area contributed by atoms with Crippen LogP contribution < -0.4 is 5.32 Å². The highest BCUT2D eigenvalue weighted by Gasteiger charge is 2.14. The maximum atomic E-state index is 13.7. The van der Waals surface area contributed by atoms with E-state index in [0.717, 1.165) is 0 Å². The van der Waals surface area contributed by atoms with E-state index in [9.17, 15) is 14.0 Å². The van der Waals surface area contributed by atoms with Gasteiger partial charge in [0, 0.05) is 0 Å². The second-order valence-corrected chi connectivity index (χ2v) is 4.19. The molecule has 0 radical (unpaired) electrons. The molecule has 1 aromatic carbocycles. The first kappa shape index (κ1) is 13.8. The van der Waals surface area contributed by atoms with Crippen LogP contribution in [-0.2, 0) is 6.54 Å². The van der Waals surface area contributed by atoms with E-state index in [4.69, 9.17) is 9.52 Å². The van der Waals surface area contributed by atoms with Gasteiger partial charge in [-0.3, -0.25) is 4.79 Å². The number of halogens is 1. The van der Waals surface area contributed by atoms with E-state index < -0.39 is 17.7 Å². The van der Waals surface area contributed by atoms with E-state index in [0.29, 0.717) is 5.56 Å². The number of aryl methyl sites for hydroxylation is 1. The Balaban J connectivity index is 2.05. The maximum Gasteiger partial charge on any atom is 0.371 e. The quantitative estimate of drug-likeness (QED) is 0.899. The lowest BCUT2D eigenvalue weighted by Crippen LogP contribution is -2.23. The SMILES string of the molecule is Cc1cccc(C(=O)NCc2ccc(C(=O)O)o2)c1F. The van der Waals surface area contributed by atoms with Crippen molar-refractivity contribution in [2.75, 3.05) is 0 Å². The third kappa shape index (κ3) is 2.85. The molecule has 2 rings (SSSR count). The van der Waals surface area contributed by atoms with Gasteiger partial charge in [0.1, 0.15) is 11.6 Å². The molecule has 0 atom stereocenters. The number of hydrogen-bond acceptors (Lipinski definition) is 3. The Morgan fingerprint density at radius 3 is 2.70 bits per heavy atom. The molecule has 0 aliphatic heterocycles. The second-order valence-electron chi connectivity index (χ2n) is 4.19. The molecule has 5 nitrogen and oxygen atoms in total. The van der Waals surface area contributed by atoms with Crippen LogP contribution in [0, 0.1) is 12.7 Å². The number of carboxylic acid groups (broad SMARTS) is 1. The van der Waals surface area contributed by atoms with Gasteiger partial charge in [0.15, 0.2) is 0 Å². The van der Waals surface area contributed by atoms with Crippen LogP contribution in [0.25, 0.3) is 0 Å². The summed E-state index contributed by atoms with van der Waals surface area (Å²) < 4.78 is 18.7. The number of nitrogens with one attached hydrogen (secondary N) is 1. The van der Waals surface area contributed by atoms with Gasteiger partial charge in [-0.1, -0.05) is 12.1 Å². The standard InChI is InChI=1S/C14H12FNO4/c1-8-3-2-4-10(12(8)15)13(17)16-7-9-5-6-11(20-9)14(18)19/h2-6H,7H2,1H3,(H,16,17)(H,18,19). The molecule has 1 aromatic heterocycles. The first-order chi connectivity index (χ1) is 9.49. The minimum atomic E-state index is -1.19. The predicted molar refractivity (Wildman–Crippen MR) is 68.0 cm³/mol. The molecule has 0 bridgehead atoms. The van der Waals surface area contributed by atoms with Gasteiger partial charge < -0.3 is 14.8 Å². The summed E-state index contributed by atoms with van der Waals surface area (Å²) in [6, 6.07) is 7.26. The summed E-state index contributed by atoms with van der Waals surface area (Å²) in [5.74, 6) is -2.28. The highest BCUT2D eigenvalue weighted by molar-refractivity contribution is 5.94. The number of carboxylic acids is 1. The Labute approximate surface area is 114 Å². The van der Waals surface area contributed by atoms with Crippen LogP contribution in [0.5, 0.6) is 0 Å². The summed E-state index contributed by atoms with van der Waals surface area (Å²) in [4.78, 5) is 22.4. The van der Waals surface area contributed by atoms with Crippen LogP contribution in [0.4, 0.5) is 4.39 Å². The van der Waals surface area contributed by atoms with E-state index in [1.807, 2.05) is 0 Å². The van der Waals surface area contributed by atoms with Crippen molar-refractivity contribution >= 4 is 11.9 Å². The van der Waals surface area contributed by atoms with Gasteiger partial charge in [0.05, 0.1) is 12.1 Å². The Bertz CT molecular complexity index is 663. The van der Waals surface area contributed by atoms with E-state index in [1.54, 1.807) is 19.1 Å². The molecule has 0 unspecified atom stereocenters. The maximum absolute atomic E-state index is 13.7. The van der Waals surface area contributed by atoms with Gasteiger partial charge in [0.25, 0.3) is 5.91 Å². The fraction of sp³-hybridized carbons (Fsp3) is 0.143. The fourth-order valence-corrected chi connectivity index (χ4v) is 1.67. The van der Waals surface area contributed by atoms with Crippen LogP contribution >= 0.6 is 0 Å². The molecule has 1 heterocycles. The lowest BCUT2D eigenvalue weighted by Gasteiger charge is -2.06. The van der Waals surface area contributed by atoms with Crippen molar-refractivity contribution in [3.05, 3.63) is 58.8 Å². The summed E-state index contributed by atoms with van der Waals surface area (Å²) >= 11 is 0. The second kappa shape index (κ2) is 5.56. The number of furan rings is 1. The van der Waals surface area contributed by atoms with Crippen molar-refractivity contribution in [1.29, 1.82) is 0 Å². The van der Waals surface area contributed by atoms with Crippen LogP contribution in [0.3, 0.4) is 0 Å². The number of carbonyl (C=O) groups is 2. The molecule has 6 heteroatoms. The van der Waals surface area contributed by atoms with Crippen molar-refractivity contribution in [3.63, 3.8) is 0 Å². The largest absolute Gasteiger partial charge is 0.475 e. The monoisotopic (exact) mass is 277 g/mol. The molecule has 104 valence electrons. The predicted octanol–water partition coefficient (Wildman–Crippen LogP) is 2.36. The van der Waals surface area contributed by atoms with Gasteiger partial charge in [-0.2, -0.15) is 0 Å². The average molecular weight is 277 g/mol. The minimum absolute atomic E-state index is 0.0144. The zero-order chi connectivity index (χ0) is 14.7. The van der Waals surface area contributed by atoms with E-state index in [1.165, 1.54) is 18.2 Å². The molecule has 2 aromatic rings. The first-order valence-corrected chi connectivity index (χ1v) is 5.84. The molecule has 2 N–H and O–H groups in total. The van der Waals surface area contributed by atoms with Gasteiger partial charge in [-0.05, 0) is 30.7 Å². The molecule has 0 saturated carbocycles. The first-order valence-electron chi connectivity index (χ1n) is 5.84. The van der Waals surface area contributed by atoms with Crippen molar-refractivity contribution in [3.8, 4) is 0 Å². The molecule has 0 aliphatic rings. The molecule has 0 aliphatic carbocycles. The van der Waals surface area contributed by atoms with Gasteiger partial charge in [-0.25, -0.2) is 9.18 Å². The van der Waals surface area contributed by atoms with E-state index in [-0.39, 0.29) is 23.6 Å².